The zero-order valence-electron chi connectivity index (χ0n) is 17.2. The molecule has 7 nitrogen and oxygen atoms in total. The number of nitrogens with one attached hydrogen (secondary N) is 1. The van der Waals surface area contributed by atoms with Crippen LogP contribution in [0.2, 0.25) is 10.0 Å². The van der Waals surface area contributed by atoms with E-state index in [1.165, 1.54) is 6.33 Å². The van der Waals surface area contributed by atoms with Crippen LogP contribution < -0.4 is 10.1 Å². The number of aromatic nitrogens is 3. The van der Waals surface area contributed by atoms with Crippen molar-refractivity contribution in [1.29, 1.82) is 0 Å². The Morgan fingerprint density at radius 3 is 2.81 bits per heavy atom. The lowest BCUT2D eigenvalue weighted by Gasteiger charge is -2.29. The van der Waals surface area contributed by atoms with Crippen LogP contribution in [-0.4, -0.2) is 27.3 Å². The minimum absolute atomic E-state index is 0.219. The highest BCUT2D eigenvalue weighted by atomic mass is 79.9. The number of esters is 1. The fourth-order valence-electron chi connectivity index (χ4n) is 3.51. The zero-order chi connectivity index (χ0) is 22.8. The van der Waals surface area contributed by atoms with E-state index in [0.717, 1.165) is 15.6 Å². The standard InChI is InChI=1S/C22H19BrCl2N4O3/c1-3-31-21(30)19-12(2)28-22-26-11-27-29(22)20(19)16-8-14(23)5-7-18(16)32-10-13-4-6-15(24)9-17(13)25/h4-9,11,20H,3,10H2,1-2H3,(H,26,27,28). The summed E-state index contributed by atoms with van der Waals surface area (Å²) in [6.45, 7) is 4.05. The second kappa shape index (κ2) is 9.52. The number of allylic oxidation sites excluding steroid dienone is 1. The third-order valence-electron chi connectivity index (χ3n) is 4.95. The van der Waals surface area contributed by atoms with Gasteiger partial charge in [-0.15, -0.1) is 0 Å². The molecular formula is C22H19BrCl2N4O3. The predicted molar refractivity (Wildman–Crippen MR) is 126 cm³/mol. The van der Waals surface area contributed by atoms with Crippen molar-refractivity contribution in [3.63, 3.8) is 0 Å². The number of nitrogens with zero attached hydrogens (tertiary/aromatic N) is 3. The molecule has 4 rings (SSSR count). The minimum Gasteiger partial charge on any atom is -0.488 e. The Morgan fingerprint density at radius 2 is 2.06 bits per heavy atom. The van der Waals surface area contributed by atoms with Gasteiger partial charge in [-0.05, 0) is 44.2 Å². The molecule has 1 aliphatic heterocycles. The summed E-state index contributed by atoms with van der Waals surface area (Å²) in [4.78, 5) is 17.2. The molecule has 0 bridgehead atoms. The molecule has 2 aromatic carbocycles. The summed E-state index contributed by atoms with van der Waals surface area (Å²) >= 11 is 15.8. The van der Waals surface area contributed by atoms with Gasteiger partial charge in [0.05, 0.1) is 12.2 Å². The molecule has 1 atom stereocenters. The average Bonchev–Trinajstić information content (AvgIpc) is 3.21. The number of hydrogen-bond acceptors (Lipinski definition) is 6. The molecule has 0 spiro atoms. The smallest absolute Gasteiger partial charge is 0.338 e. The molecule has 0 radical (unpaired) electrons. The monoisotopic (exact) mass is 536 g/mol. The second-order valence-corrected chi connectivity index (χ2v) is 8.78. The lowest BCUT2D eigenvalue weighted by molar-refractivity contribution is -0.139. The summed E-state index contributed by atoms with van der Waals surface area (Å²) in [5, 5.41) is 8.53. The highest BCUT2D eigenvalue weighted by molar-refractivity contribution is 9.10. The molecule has 0 aliphatic carbocycles. The lowest BCUT2D eigenvalue weighted by Crippen LogP contribution is -2.30. The number of rotatable bonds is 6. The Hall–Kier alpha value is -2.55. The van der Waals surface area contributed by atoms with Gasteiger partial charge in [-0.25, -0.2) is 9.48 Å². The Labute approximate surface area is 203 Å². The Balaban J connectivity index is 1.77. The molecule has 166 valence electrons. The number of benzene rings is 2. The summed E-state index contributed by atoms with van der Waals surface area (Å²) in [6.07, 6.45) is 1.43. The number of halogens is 3. The van der Waals surface area contributed by atoms with Crippen LogP contribution in [0.3, 0.4) is 0 Å². The molecule has 32 heavy (non-hydrogen) atoms. The van der Waals surface area contributed by atoms with E-state index in [1.807, 2.05) is 31.2 Å². The van der Waals surface area contributed by atoms with Crippen molar-refractivity contribution in [2.45, 2.75) is 26.5 Å². The van der Waals surface area contributed by atoms with Gasteiger partial charge in [0.15, 0.2) is 0 Å². The summed E-state index contributed by atoms with van der Waals surface area (Å²) in [6, 6.07) is 10.2. The van der Waals surface area contributed by atoms with Crippen LogP contribution in [0.4, 0.5) is 5.95 Å². The van der Waals surface area contributed by atoms with E-state index in [9.17, 15) is 4.79 Å². The van der Waals surface area contributed by atoms with Gasteiger partial charge in [0.2, 0.25) is 5.95 Å². The molecule has 0 saturated heterocycles. The normalized spacial score (nSPS) is 15.2. The van der Waals surface area contributed by atoms with Gasteiger partial charge in [0, 0.05) is 31.3 Å². The van der Waals surface area contributed by atoms with Gasteiger partial charge in [0.1, 0.15) is 24.7 Å². The van der Waals surface area contributed by atoms with E-state index in [4.69, 9.17) is 32.7 Å². The van der Waals surface area contributed by atoms with Gasteiger partial charge in [-0.1, -0.05) is 45.2 Å². The quantitative estimate of drug-likeness (QED) is 0.402. The van der Waals surface area contributed by atoms with Crippen molar-refractivity contribution in [1.82, 2.24) is 14.8 Å². The first-order valence-electron chi connectivity index (χ1n) is 9.79. The SMILES string of the molecule is CCOC(=O)C1=C(C)Nc2ncnn2C1c1cc(Br)ccc1OCc1ccc(Cl)cc1Cl. The number of ether oxygens (including phenoxy) is 2. The Bertz CT molecular complexity index is 1210. The number of anilines is 1. The zero-order valence-corrected chi connectivity index (χ0v) is 20.3. The van der Waals surface area contributed by atoms with Crippen molar-refractivity contribution in [2.75, 3.05) is 11.9 Å². The fourth-order valence-corrected chi connectivity index (χ4v) is 4.35. The van der Waals surface area contributed by atoms with E-state index in [2.05, 4.69) is 31.3 Å². The molecule has 1 aromatic heterocycles. The van der Waals surface area contributed by atoms with Crippen LogP contribution >= 0.6 is 39.1 Å². The summed E-state index contributed by atoms with van der Waals surface area (Å²) in [5.74, 6) is 0.657. The molecule has 0 amide bonds. The van der Waals surface area contributed by atoms with E-state index < -0.39 is 12.0 Å². The summed E-state index contributed by atoms with van der Waals surface area (Å²) in [5.41, 5.74) is 2.58. The van der Waals surface area contributed by atoms with E-state index >= 15 is 0 Å². The van der Waals surface area contributed by atoms with Crippen molar-refractivity contribution >= 4 is 51.0 Å². The molecule has 1 aliphatic rings. The lowest BCUT2D eigenvalue weighted by atomic mass is 9.95. The number of hydrogen-bond donors (Lipinski definition) is 1. The minimum atomic E-state index is -0.596. The molecule has 1 N–H and O–H groups in total. The van der Waals surface area contributed by atoms with Crippen molar-refractivity contribution in [3.8, 4) is 5.75 Å². The van der Waals surface area contributed by atoms with Gasteiger partial charge in [0.25, 0.3) is 0 Å². The van der Waals surface area contributed by atoms with E-state index in [1.54, 1.807) is 23.7 Å². The first kappa shape index (κ1) is 22.6. The van der Waals surface area contributed by atoms with Crippen LogP contribution in [0.5, 0.6) is 5.75 Å². The van der Waals surface area contributed by atoms with Crippen molar-refractivity contribution in [3.05, 3.63) is 79.6 Å². The molecule has 1 unspecified atom stereocenters. The van der Waals surface area contributed by atoms with Gasteiger partial charge >= 0.3 is 5.97 Å². The molecule has 3 aromatic rings. The second-order valence-electron chi connectivity index (χ2n) is 7.02. The van der Waals surface area contributed by atoms with Crippen LogP contribution in [-0.2, 0) is 16.1 Å². The molecule has 0 saturated carbocycles. The Kier molecular flexibility index (Phi) is 6.74. The number of carbonyl (C=O) groups excluding carboxylic acids is 1. The van der Waals surface area contributed by atoms with Gasteiger partial charge in [-0.3, -0.25) is 0 Å². The van der Waals surface area contributed by atoms with Crippen molar-refractivity contribution in [2.24, 2.45) is 0 Å². The molecule has 10 heteroatoms. The molecule has 2 heterocycles. The third-order valence-corrected chi connectivity index (χ3v) is 6.03. The number of fused-ring (bicyclic) bond motifs is 1. The first-order chi connectivity index (χ1) is 15.4. The summed E-state index contributed by atoms with van der Waals surface area (Å²) in [7, 11) is 0. The van der Waals surface area contributed by atoms with Crippen LogP contribution in [0.1, 0.15) is 31.0 Å². The first-order valence-corrected chi connectivity index (χ1v) is 11.3. The topological polar surface area (TPSA) is 78.3 Å². The maximum absolute atomic E-state index is 12.9. The largest absolute Gasteiger partial charge is 0.488 e. The summed E-state index contributed by atoms with van der Waals surface area (Å²) < 4.78 is 14.0. The maximum atomic E-state index is 12.9. The van der Waals surface area contributed by atoms with Gasteiger partial charge in [-0.2, -0.15) is 10.1 Å². The fraction of sp³-hybridized carbons (Fsp3) is 0.227. The Morgan fingerprint density at radius 1 is 1.25 bits per heavy atom. The molecule has 0 fully saturated rings. The van der Waals surface area contributed by atoms with E-state index in [-0.39, 0.29) is 13.2 Å². The van der Waals surface area contributed by atoms with Gasteiger partial charge < -0.3 is 14.8 Å². The highest BCUT2D eigenvalue weighted by Crippen LogP contribution is 2.40. The van der Waals surface area contributed by atoms with Crippen LogP contribution in [0.25, 0.3) is 0 Å². The molecular weight excluding hydrogens is 519 g/mol. The highest BCUT2D eigenvalue weighted by Gasteiger charge is 2.36. The maximum Gasteiger partial charge on any atom is 0.338 e. The van der Waals surface area contributed by atoms with Crippen LogP contribution in [0, 0.1) is 0 Å². The average molecular weight is 538 g/mol. The van der Waals surface area contributed by atoms with Crippen LogP contribution in [0.15, 0.2) is 58.5 Å². The third kappa shape index (κ3) is 4.48. The number of carbonyl (C=O) groups is 1. The van der Waals surface area contributed by atoms with E-state index in [0.29, 0.717) is 33.0 Å². The predicted octanol–water partition coefficient (Wildman–Crippen LogP) is 5.78. The van der Waals surface area contributed by atoms with Crippen molar-refractivity contribution < 1.29 is 14.3 Å².